The highest BCUT2D eigenvalue weighted by Gasteiger charge is 2.17. The normalized spacial score (nSPS) is 12.7. The van der Waals surface area contributed by atoms with Crippen LogP contribution in [0.15, 0.2) is 60.8 Å². The molecule has 1 unspecified atom stereocenters. The lowest BCUT2D eigenvalue weighted by atomic mass is 10.0. The third-order valence-corrected chi connectivity index (χ3v) is 11.0. The van der Waals surface area contributed by atoms with Gasteiger partial charge in [0.2, 0.25) is 0 Å². The zero-order valence-electron chi connectivity index (χ0n) is 40.0. The number of allylic oxidation sites excluding steroid dienone is 10. The first-order valence-electron chi connectivity index (χ1n) is 25.8. The Morgan fingerprint density at radius 1 is 0.383 bits per heavy atom. The SMILES string of the molecule is CC/C=C\C/C=C\C/C=C\CCCCCC(=O)OC(COCCCCCCCCCCCCCCCCCC)COC(=O)CCCCCCC/C=C\C/C=C\CCCCC. The van der Waals surface area contributed by atoms with E-state index in [2.05, 4.69) is 81.5 Å². The molecule has 0 N–H and O–H groups in total. The average Bonchev–Trinajstić information content (AvgIpc) is 3.25. The van der Waals surface area contributed by atoms with Crippen LogP contribution in [0.5, 0.6) is 0 Å². The molecule has 5 nitrogen and oxygen atoms in total. The Balaban J connectivity index is 4.30. The molecule has 0 radical (unpaired) electrons. The van der Waals surface area contributed by atoms with Crippen LogP contribution in [0.2, 0.25) is 0 Å². The van der Waals surface area contributed by atoms with Crippen molar-refractivity contribution in [2.24, 2.45) is 0 Å². The van der Waals surface area contributed by atoms with Crippen molar-refractivity contribution in [2.45, 2.75) is 258 Å². The Hall–Kier alpha value is -2.40. The zero-order chi connectivity index (χ0) is 43.5. The second-order valence-electron chi connectivity index (χ2n) is 17.0. The van der Waals surface area contributed by atoms with Gasteiger partial charge in [0.05, 0.1) is 6.61 Å². The van der Waals surface area contributed by atoms with Crippen LogP contribution in [0.25, 0.3) is 0 Å². The smallest absolute Gasteiger partial charge is 0.306 e. The van der Waals surface area contributed by atoms with Crippen molar-refractivity contribution in [3.05, 3.63) is 60.8 Å². The van der Waals surface area contributed by atoms with Gasteiger partial charge in [-0.2, -0.15) is 0 Å². The molecule has 0 aromatic carbocycles. The molecule has 0 fully saturated rings. The average molecular weight is 839 g/mol. The summed E-state index contributed by atoms with van der Waals surface area (Å²) in [7, 11) is 0. The van der Waals surface area contributed by atoms with Crippen LogP contribution >= 0.6 is 0 Å². The van der Waals surface area contributed by atoms with Crippen LogP contribution < -0.4 is 0 Å². The molecule has 0 aliphatic rings. The van der Waals surface area contributed by atoms with Gasteiger partial charge in [0.15, 0.2) is 6.10 Å². The zero-order valence-corrected chi connectivity index (χ0v) is 40.0. The second-order valence-corrected chi connectivity index (χ2v) is 17.0. The molecule has 0 amide bonds. The maximum absolute atomic E-state index is 12.8. The highest BCUT2D eigenvalue weighted by atomic mass is 16.6. The summed E-state index contributed by atoms with van der Waals surface area (Å²) in [6.45, 7) is 7.67. The van der Waals surface area contributed by atoms with E-state index in [9.17, 15) is 9.59 Å². The van der Waals surface area contributed by atoms with Crippen molar-refractivity contribution in [1.82, 2.24) is 0 Å². The minimum atomic E-state index is -0.555. The molecule has 0 aromatic rings. The molecule has 0 rings (SSSR count). The van der Waals surface area contributed by atoms with E-state index in [-0.39, 0.29) is 25.2 Å². The van der Waals surface area contributed by atoms with E-state index in [1.165, 1.54) is 128 Å². The molecule has 0 spiro atoms. The highest BCUT2D eigenvalue weighted by Crippen LogP contribution is 2.15. The topological polar surface area (TPSA) is 61.8 Å². The number of hydrogen-bond acceptors (Lipinski definition) is 5. The Kier molecular flexibility index (Phi) is 48.9. The fraction of sp³-hybridized carbons (Fsp3) is 0.782. The molecule has 0 bridgehead atoms. The molecule has 348 valence electrons. The van der Waals surface area contributed by atoms with Gasteiger partial charge in [-0.25, -0.2) is 0 Å². The van der Waals surface area contributed by atoms with Crippen LogP contribution in [0, 0.1) is 0 Å². The number of carbonyl (C=O) groups excluding carboxylic acids is 2. The molecule has 0 saturated heterocycles. The largest absolute Gasteiger partial charge is 0.462 e. The van der Waals surface area contributed by atoms with E-state index in [1.807, 2.05) is 0 Å². The summed E-state index contributed by atoms with van der Waals surface area (Å²) < 4.78 is 17.4. The van der Waals surface area contributed by atoms with Gasteiger partial charge < -0.3 is 14.2 Å². The van der Waals surface area contributed by atoms with Gasteiger partial charge in [-0.15, -0.1) is 0 Å². The summed E-state index contributed by atoms with van der Waals surface area (Å²) >= 11 is 0. The molecule has 0 aliphatic carbocycles. The maximum Gasteiger partial charge on any atom is 0.306 e. The van der Waals surface area contributed by atoms with E-state index < -0.39 is 6.10 Å². The van der Waals surface area contributed by atoms with Crippen molar-refractivity contribution in [3.8, 4) is 0 Å². The lowest BCUT2D eigenvalue weighted by molar-refractivity contribution is -0.163. The van der Waals surface area contributed by atoms with Crippen LogP contribution in [0.4, 0.5) is 0 Å². The molecular weight excluding hydrogens is 741 g/mol. The Bertz CT molecular complexity index is 1040. The number of ether oxygens (including phenoxy) is 3. The Morgan fingerprint density at radius 2 is 0.750 bits per heavy atom. The fourth-order valence-electron chi connectivity index (χ4n) is 7.20. The Morgan fingerprint density at radius 3 is 1.25 bits per heavy atom. The summed E-state index contributed by atoms with van der Waals surface area (Å²) in [5.74, 6) is -0.440. The molecule has 0 saturated carbocycles. The molecule has 0 aromatic heterocycles. The first kappa shape index (κ1) is 57.6. The van der Waals surface area contributed by atoms with Crippen LogP contribution in [-0.4, -0.2) is 37.9 Å². The summed E-state index contributed by atoms with van der Waals surface area (Å²) in [5.41, 5.74) is 0. The minimum Gasteiger partial charge on any atom is -0.462 e. The van der Waals surface area contributed by atoms with E-state index >= 15 is 0 Å². The van der Waals surface area contributed by atoms with Crippen LogP contribution in [0.3, 0.4) is 0 Å². The van der Waals surface area contributed by atoms with E-state index in [0.29, 0.717) is 19.4 Å². The number of esters is 2. The van der Waals surface area contributed by atoms with E-state index in [1.54, 1.807) is 0 Å². The van der Waals surface area contributed by atoms with Crippen LogP contribution in [0.1, 0.15) is 252 Å². The summed E-state index contributed by atoms with van der Waals surface area (Å²) in [5, 5.41) is 0. The van der Waals surface area contributed by atoms with Gasteiger partial charge in [0.25, 0.3) is 0 Å². The monoisotopic (exact) mass is 839 g/mol. The van der Waals surface area contributed by atoms with Crippen molar-refractivity contribution < 1.29 is 23.8 Å². The van der Waals surface area contributed by atoms with Gasteiger partial charge in [-0.3, -0.25) is 9.59 Å². The number of carbonyl (C=O) groups is 2. The first-order chi connectivity index (χ1) is 29.6. The summed E-state index contributed by atoms with van der Waals surface area (Å²) in [4.78, 5) is 25.4. The van der Waals surface area contributed by atoms with Crippen molar-refractivity contribution in [3.63, 3.8) is 0 Å². The number of rotatable bonds is 47. The number of hydrogen-bond donors (Lipinski definition) is 0. The molecule has 5 heteroatoms. The van der Waals surface area contributed by atoms with Crippen molar-refractivity contribution in [1.29, 1.82) is 0 Å². The predicted molar refractivity (Wildman–Crippen MR) is 261 cm³/mol. The highest BCUT2D eigenvalue weighted by molar-refractivity contribution is 5.70. The van der Waals surface area contributed by atoms with Gasteiger partial charge in [0.1, 0.15) is 6.61 Å². The summed E-state index contributed by atoms with van der Waals surface area (Å²) in [6.07, 6.45) is 63.7. The third kappa shape index (κ3) is 48.3. The maximum atomic E-state index is 12.8. The van der Waals surface area contributed by atoms with Crippen LogP contribution in [-0.2, 0) is 23.8 Å². The molecule has 1 atom stereocenters. The van der Waals surface area contributed by atoms with E-state index in [0.717, 1.165) is 89.9 Å². The van der Waals surface area contributed by atoms with Gasteiger partial charge in [-0.1, -0.05) is 216 Å². The predicted octanol–water partition coefficient (Wildman–Crippen LogP) is 17.3. The molecular formula is C55H98O5. The third-order valence-electron chi connectivity index (χ3n) is 11.0. The van der Waals surface area contributed by atoms with Crippen molar-refractivity contribution in [2.75, 3.05) is 19.8 Å². The molecule has 0 heterocycles. The lowest BCUT2D eigenvalue weighted by Gasteiger charge is -2.18. The van der Waals surface area contributed by atoms with E-state index in [4.69, 9.17) is 14.2 Å². The number of unbranched alkanes of at least 4 members (excludes halogenated alkanes) is 26. The lowest BCUT2D eigenvalue weighted by Crippen LogP contribution is -2.30. The Labute approximate surface area is 373 Å². The minimum absolute atomic E-state index is 0.0674. The van der Waals surface area contributed by atoms with Gasteiger partial charge in [0, 0.05) is 19.4 Å². The molecule has 0 aliphatic heterocycles. The summed E-state index contributed by atoms with van der Waals surface area (Å²) in [6, 6.07) is 0. The fourth-order valence-corrected chi connectivity index (χ4v) is 7.20. The first-order valence-corrected chi connectivity index (χ1v) is 25.8. The quantitative estimate of drug-likeness (QED) is 0.0347. The van der Waals surface area contributed by atoms with Gasteiger partial charge in [-0.05, 0) is 83.5 Å². The molecule has 60 heavy (non-hydrogen) atoms. The van der Waals surface area contributed by atoms with Gasteiger partial charge >= 0.3 is 11.9 Å². The van der Waals surface area contributed by atoms with Crippen molar-refractivity contribution >= 4 is 11.9 Å². The second kappa shape index (κ2) is 51.0. The standard InChI is InChI=1S/C55H98O5/c1-4-7-10-13-16-19-22-25-27-29-32-35-38-41-44-47-50-58-51-53(60-55(57)49-46-43-40-37-34-30-24-21-18-15-12-9-6-3)52-59-54(56)48-45-42-39-36-33-31-28-26-23-20-17-14-11-8-5-2/h9,12,17-18,20-21,26,28,30,34,53H,4-8,10-11,13-16,19,22-25,27,29,31-33,35-52H2,1-3H3/b12-9-,20-17-,21-18-,28-26-,34-30-.